The van der Waals surface area contributed by atoms with Crippen LogP contribution < -0.4 is 0 Å². The number of hydrogen-bond acceptors (Lipinski definition) is 2. The summed E-state index contributed by atoms with van der Waals surface area (Å²) in [6.45, 7) is 4.65. The van der Waals surface area contributed by atoms with Gasteiger partial charge in [0.2, 0.25) is 5.91 Å². The topological polar surface area (TPSA) is 29.5 Å². The minimum Gasteiger partial charge on any atom is -0.370 e. The van der Waals surface area contributed by atoms with Gasteiger partial charge in [-0.05, 0) is 19.4 Å². The molecule has 0 spiro atoms. The molecule has 2 aliphatic rings. The van der Waals surface area contributed by atoms with Crippen LogP contribution in [0.1, 0.15) is 19.4 Å². The molecule has 1 fully saturated rings. The van der Waals surface area contributed by atoms with E-state index in [4.69, 9.17) is 4.74 Å². The molecular weight excluding hydrogens is 262 g/mol. The first-order chi connectivity index (χ1) is 10.2. The fourth-order valence-corrected chi connectivity index (χ4v) is 3.15. The van der Waals surface area contributed by atoms with Crippen LogP contribution in [0, 0.1) is 5.92 Å². The normalized spacial score (nSPS) is 27.5. The predicted octanol–water partition coefficient (Wildman–Crippen LogP) is 2.93. The first-order valence-electron chi connectivity index (χ1n) is 7.51. The van der Waals surface area contributed by atoms with Crippen molar-refractivity contribution in [3.05, 3.63) is 60.2 Å². The number of benzene rings is 1. The van der Waals surface area contributed by atoms with Crippen LogP contribution in [0.25, 0.3) is 0 Å². The van der Waals surface area contributed by atoms with Crippen LogP contribution in [0.3, 0.4) is 0 Å². The Kier molecular flexibility index (Phi) is 3.93. The highest BCUT2D eigenvalue weighted by molar-refractivity contribution is 5.85. The number of rotatable bonds is 4. The van der Waals surface area contributed by atoms with Crippen molar-refractivity contribution in [3.8, 4) is 0 Å². The first-order valence-corrected chi connectivity index (χ1v) is 7.51. The molecule has 0 unspecified atom stereocenters. The second kappa shape index (κ2) is 5.86. The van der Waals surface area contributed by atoms with Gasteiger partial charge in [0.1, 0.15) is 0 Å². The Hall–Kier alpha value is -1.87. The van der Waals surface area contributed by atoms with E-state index in [2.05, 4.69) is 19.9 Å². The van der Waals surface area contributed by atoms with Gasteiger partial charge in [-0.15, -0.1) is 0 Å². The van der Waals surface area contributed by atoms with Crippen molar-refractivity contribution in [3.63, 3.8) is 0 Å². The average molecular weight is 283 g/mol. The zero-order valence-electron chi connectivity index (χ0n) is 12.5. The van der Waals surface area contributed by atoms with E-state index in [1.165, 1.54) is 0 Å². The van der Waals surface area contributed by atoms with Crippen molar-refractivity contribution in [2.24, 2.45) is 5.92 Å². The van der Waals surface area contributed by atoms with Crippen LogP contribution >= 0.6 is 0 Å². The quantitative estimate of drug-likeness (QED) is 0.850. The summed E-state index contributed by atoms with van der Waals surface area (Å²) >= 11 is 0. The van der Waals surface area contributed by atoms with Gasteiger partial charge in [-0.3, -0.25) is 4.79 Å². The van der Waals surface area contributed by atoms with E-state index < -0.39 is 0 Å². The van der Waals surface area contributed by atoms with Gasteiger partial charge in [0.05, 0.1) is 24.7 Å². The molecule has 0 saturated carbocycles. The summed E-state index contributed by atoms with van der Waals surface area (Å²) in [5, 5.41) is 0. The number of carbonyl (C=O) groups is 1. The van der Waals surface area contributed by atoms with E-state index in [1.54, 1.807) is 0 Å². The van der Waals surface area contributed by atoms with Gasteiger partial charge in [-0.25, -0.2) is 0 Å². The Labute approximate surface area is 125 Å². The lowest BCUT2D eigenvalue weighted by molar-refractivity contribution is -0.132. The first kappa shape index (κ1) is 14.1. The van der Waals surface area contributed by atoms with Crippen LogP contribution in [0.4, 0.5) is 0 Å². The number of carbonyl (C=O) groups excluding carboxylic acids is 1. The lowest BCUT2D eigenvalue weighted by Crippen LogP contribution is -2.41. The number of ether oxygens (including phenoxy) is 1. The summed E-state index contributed by atoms with van der Waals surface area (Å²) in [5.41, 5.74) is 1.14. The second-order valence-electron chi connectivity index (χ2n) is 5.89. The lowest BCUT2D eigenvalue weighted by atomic mass is 10.0. The maximum Gasteiger partial charge on any atom is 0.233 e. The summed E-state index contributed by atoms with van der Waals surface area (Å²) < 4.78 is 6.12. The molecule has 2 bridgehead atoms. The SMILES string of the molecule is CC(C)N1C(=O)[C@H]2C=CC=C[C@@H]1[C@@H]2OCc1ccccc1. The Morgan fingerprint density at radius 3 is 2.57 bits per heavy atom. The maximum atomic E-state index is 12.6. The van der Waals surface area contributed by atoms with Crippen LogP contribution in [0.2, 0.25) is 0 Å². The molecule has 1 aliphatic carbocycles. The third kappa shape index (κ3) is 2.66. The van der Waals surface area contributed by atoms with E-state index in [-0.39, 0.29) is 30.0 Å². The molecule has 1 aromatic carbocycles. The van der Waals surface area contributed by atoms with E-state index in [0.717, 1.165) is 5.56 Å². The Bertz CT molecular complexity index is 562. The van der Waals surface area contributed by atoms with Crippen LogP contribution in [0.15, 0.2) is 54.6 Å². The number of amides is 1. The average Bonchev–Trinajstić information content (AvgIpc) is 2.61. The smallest absolute Gasteiger partial charge is 0.233 e. The highest BCUT2D eigenvalue weighted by Gasteiger charge is 2.47. The van der Waals surface area contributed by atoms with Gasteiger partial charge in [0, 0.05) is 6.04 Å². The van der Waals surface area contributed by atoms with Gasteiger partial charge in [-0.2, -0.15) is 0 Å². The molecule has 3 heteroatoms. The molecule has 0 N–H and O–H groups in total. The molecule has 21 heavy (non-hydrogen) atoms. The van der Waals surface area contributed by atoms with E-state index >= 15 is 0 Å². The summed E-state index contributed by atoms with van der Waals surface area (Å²) in [7, 11) is 0. The van der Waals surface area contributed by atoms with Crippen LogP contribution in [-0.2, 0) is 16.1 Å². The van der Waals surface area contributed by atoms with Gasteiger partial charge in [-0.1, -0.05) is 54.6 Å². The molecule has 1 amide bonds. The van der Waals surface area contributed by atoms with E-state index in [1.807, 2.05) is 53.5 Å². The second-order valence-corrected chi connectivity index (χ2v) is 5.89. The molecule has 1 aromatic rings. The van der Waals surface area contributed by atoms with Crippen molar-refractivity contribution < 1.29 is 9.53 Å². The summed E-state index contributed by atoms with van der Waals surface area (Å²) in [6, 6.07) is 10.3. The van der Waals surface area contributed by atoms with Gasteiger partial charge in [0.25, 0.3) is 0 Å². The van der Waals surface area contributed by atoms with Crippen molar-refractivity contribution in [2.45, 2.75) is 38.6 Å². The molecule has 0 radical (unpaired) electrons. The molecule has 3 atom stereocenters. The minimum absolute atomic E-state index is 0.0289. The highest BCUT2D eigenvalue weighted by atomic mass is 16.5. The molecule has 3 rings (SSSR count). The molecule has 1 aliphatic heterocycles. The molecule has 0 aromatic heterocycles. The summed E-state index contributed by atoms with van der Waals surface area (Å²) in [5.74, 6) is 0.00442. The molecule has 110 valence electrons. The van der Waals surface area contributed by atoms with Gasteiger partial charge in [0.15, 0.2) is 0 Å². The lowest BCUT2D eigenvalue weighted by Gasteiger charge is -2.28. The Balaban J connectivity index is 1.79. The van der Waals surface area contributed by atoms with E-state index in [9.17, 15) is 4.79 Å². The highest BCUT2D eigenvalue weighted by Crippen LogP contribution is 2.33. The maximum absolute atomic E-state index is 12.6. The third-order valence-corrected chi connectivity index (χ3v) is 4.13. The summed E-state index contributed by atoms with van der Waals surface area (Å²) in [4.78, 5) is 14.5. The fourth-order valence-electron chi connectivity index (χ4n) is 3.15. The minimum atomic E-state index is -0.170. The number of hydrogen-bond donors (Lipinski definition) is 0. The third-order valence-electron chi connectivity index (χ3n) is 4.13. The predicted molar refractivity (Wildman–Crippen MR) is 82.6 cm³/mol. The van der Waals surface area contributed by atoms with Gasteiger partial charge >= 0.3 is 0 Å². The molecule has 3 nitrogen and oxygen atoms in total. The Morgan fingerprint density at radius 1 is 1.14 bits per heavy atom. The number of likely N-dealkylation sites (tertiary alicyclic amines) is 1. The number of fused-ring (bicyclic) bond motifs is 2. The zero-order chi connectivity index (χ0) is 14.8. The fraction of sp³-hybridized carbons (Fsp3) is 0.389. The number of nitrogens with zero attached hydrogens (tertiary/aromatic N) is 1. The van der Waals surface area contributed by atoms with E-state index in [0.29, 0.717) is 6.61 Å². The molecule has 1 saturated heterocycles. The van der Waals surface area contributed by atoms with Crippen molar-refractivity contribution in [1.82, 2.24) is 4.90 Å². The molecular formula is C18H21NO2. The van der Waals surface area contributed by atoms with Gasteiger partial charge < -0.3 is 9.64 Å². The summed E-state index contributed by atoms with van der Waals surface area (Å²) in [6.07, 6.45) is 7.92. The monoisotopic (exact) mass is 283 g/mol. The molecule has 1 heterocycles. The standard InChI is InChI=1S/C18H21NO2/c1-13(2)19-16-11-7-6-10-15(18(19)20)17(16)21-12-14-8-4-3-5-9-14/h3-11,13,15-17H,12H2,1-2H3/t15-,16+,17+/m0/s1. The Morgan fingerprint density at radius 2 is 1.86 bits per heavy atom. The zero-order valence-corrected chi connectivity index (χ0v) is 12.5. The van der Waals surface area contributed by atoms with Crippen LogP contribution in [0.5, 0.6) is 0 Å². The number of allylic oxidation sites excluding steroid dienone is 2. The van der Waals surface area contributed by atoms with Crippen molar-refractivity contribution in [1.29, 1.82) is 0 Å². The van der Waals surface area contributed by atoms with Crippen molar-refractivity contribution >= 4 is 5.91 Å². The van der Waals surface area contributed by atoms with Crippen LogP contribution in [-0.4, -0.2) is 29.0 Å². The van der Waals surface area contributed by atoms with Crippen molar-refractivity contribution in [2.75, 3.05) is 0 Å². The largest absolute Gasteiger partial charge is 0.370 e.